The van der Waals surface area contributed by atoms with E-state index in [0.717, 1.165) is 6.42 Å². The molecule has 0 spiro atoms. The Morgan fingerprint density at radius 3 is 2.50 bits per heavy atom. The Morgan fingerprint density at radius 2 is 2.06 bits per heavy atom. The van der Waals surface area contributed by atoms with Crippen molar-refractivity contribution in [1.82, 2.24) is 10.6 Å². The van der Waals surface area contributed by atoms with Gasteiger partial charge in [0.15, 0.2) is 0 Å². The maximum atomic E-state index is 11.4. The summed E-state index contributed by atoms with van der Waals surface area (Å²) in [4.78, 5) is 21.9. The molecule has 3 N–H and O–H groups in total. The minimum absolute atomic E-state index is 0.201. The minimum Gasteiger partial charge on any atom is -0.481 e. The van der Waals surface area contributed by atoms with Crippen molar-refractivity contribution in [3.8, 4) is 0 Å². The van der Waals surface area contributed by atoms with Gasteiger partial charge in [0.25, 0.3) is 0 Å². The first kappa shape index (κ1) is 12.8. The molecular formula is C11H20N2O3. The Hall–Kier alpha value is -1.26. The number of urea groups is 1. The van der Waals surface area contributed by atoms with Crippen LogP contribution in [0.3, 0.4) is 0 Å². The van der Waals surface area contributed by atoms with Gasteiger partial charge in [0, 0.05) is 12.6 Å². The summed E-state index contributed by atoms with van der Waals surface area (Å²) < 4.78 is 0. The van der Waals surface area contributed by atoms with E-state index in [1.807, 2.05) is 0 Å². The fraction of sp³-hybridized carbons (Fsp3) is 0.818. The van der Waals surface area contributed by atoms with Crippen molar-refractivity contribution in [2.75, 3.05) is 6.54 Å². The van der Waals surface area contributed by atoms with Gasteiger partial charge in [0.05, 0.1) is 5.92 Å². The summed E-state index contributed by atoms with van der Waals surface area (Å²) in [6.07, 6.45) is 1.46. The Labute approximate surface area is 95.6 Å². The van der Waals surface area contributed by atoms with Crippen LogP contribution in [0.1, 0.15) is 33.6 Å². The van der Waals surface area contributed by atoms with Crippen LogP contribution in [0.15, 0.2) is 0 Å². The van der Waals surface area contributed by atoms with Crippen molar-refractivity contribution in [2.24, 2.45) is 11.3 Å². The maximum Gasteiger partial charge on any atom is 0.315 e. The smallest absolute Gasteiger partial charge is 0.315 e. The predicted octanol–water partition coefficient (Wildman–Crippen LogP) is 1.19. The number of hydrogen-bond donors (Lipinski definition) is 3. The highest BCUT2D eigenvalue weighted by molar-refractivity contribution is 5.75. The molecule has 0 aromatic rings. The van der Waals surface area contributed by atoms with Crippen molar-refractivity contribution < 1.29 is 14.7 Å². The van der Waals surface area contributed by atoms with Crippen LogP contribution in [0.25, 0.3) is 0 Å². The second-order valence-electron chi connectivity index (χ2n) is 5.17. The highest BCUT2D eigenvalue weighted by Gasteiger charge is 2.46. The van der Waals surface area contributed by atoms with E-state index >= 15 is 0 Å². The van der Waals surface area contributed by atoms with E-state index in [2.05, 4.69) is 24.5 Å². The van der Waals surface area contributed by atoms with Crippen molar-refractivity contribution in [3.63, 3.8) is 0 Å². The zero-order valence-electron chi connectivity index (χ0n) is 10.0. The zero-order chi connectivity index (χ0) is 12.3. The van der Waals surface area contributed by atoms with Crippen LogP contribution in [0.5, 0.6) is 0 Å². The SMILES string of the molecule is CC(CCNC(=O)NC1CC1(C)C)C(=O)O. The van der Waals surface area contributed by atoms with E-state index < -0.39 is 11.9 Å². The Bertz CT molecular complexity index is 289. The highest BCUT2D eigenvalue weighted by atomic mass is 16.4. The van der Waals surface area contributed by atoms with Gasteiger partial charge in [0.2, 0.25) is 0 Å². The molecule has 0 heterocycles. The number of carbonyl (C=O) groups excluding carboxylic acids is 1. The van der Waals surface area contributed by atoms with E-state index in [9.17, 15) is 9.59 Å². The molecule has 0 saturated heterocycles. The summed E-state index contributed by atoms with van der Waals surface area (Å²) in [5, 5.41) is 14.2. The molecule has 16 heavy (non-hydrogen) atoms. The molecule has 0 radical (unpaired) electrons. The molecule has 0 aliphatic heterocycles. The van der Waals surface area contributed by atoms with Gasteiger partial charge in [-0.05, 0) is 18.3 Å². The topological polar surface area (TPSA) is 78.4 Å². The molecule has 0 aromatic carbocycles. The van der Waals surface area contributed by atoms with E-state index in [4.69, 9.17) is 5.11 Å². The quantitative estimate of drug-likeness (QED) is 0.661. The van der Waals surface area contributed by atoms with Crippen LogP contribution in [-0.4, -0.2) is 29.7 Å². The maximum absolute atomic E-state index is 11.4. The van der Waals surface area contributed by atoms with Gasteiger partial charge in [-0.2, -0.15) is 0 Å². The summed E-state index contributed by atoms with van der Waals surface area (Å²) in [6, 6.07) is 0.0533. The lowest BCUT2D eigenvalue weighted by atomic mass is 10.1. The number of amides is 2. The van der Waals surface area contributed by atoms with Gasteiger partial charge in [-0.15, -0.1) is 0 Å². The number of hydrogen-bond acceptors (Lipinski definition) is 2. The first-order chi connectivity index (χ1) is 7.33. The number of carboxylic acid groups (broad SMARTS) is 1. The molecular weight excluding hydrogens is 208 g/mol. The van der Waals surface area contributed by atoms with Crippen molar-refractivity contribution in [1.29, 1.82) is 0 Å². The van der Waals surface area contributed by atoms with Crippen LogP contribution in [0.4, 0.5) is 4.79 Å². The number of nitrogens with one attached hydrogen (secondary N) is 2. The van der Waals surface area contributed by atoms with Crippen LogP contribution in [0, 0.1) is 11.3 Å². The molecule has 1 rings (SSSR count). The van der Waals surface area contributed by atoms with E-state index in [-0.39, 0.29) is 17.5 Å². The fourth-order valence-electron chi connectivity index (χ4n) is 1.45. The second-order valence-corrected chi connectivity index (χ2v) is 5.17. The third-order valence-electron chi connectivity index (χ3n) is 3.10. The monoisotopic (exact) mass is 228 g/mol. The number of aliphatic carboxylic acids is 1. The van der Waals surface area contributed by atoms with Crippen molar-refractivity contribution >= 4 is 12.0 Å². The molecule has 1 saturated carbocycles. The molecule has 1 aliphatic rings. The lowest BCUT2D eigenvalue weighted by molar-refractivity contribution is -0.141. The first-order valence-electron chi connectivity index (χ1n) is 5.60. The van der Waals surface area contributed by atoms with Gasteiger partial charge in [-0.3, -0.25) is 4.79 Å². The molecule has 0 bridgehead atoms. The molecule has 5 nitrogen and oxygen atoms in total. The van der Waals surface area contributed by atoms with Crippen molar-refractivity contribution in [2.45, 2.75) is 39.7 Å². The van der Waals surface area contributed by atoms with E-state index in [1.54, 1.807) is 6.92 Å². The van der Waals surface area contributed by atoms with Gasteiger partial charge < -0.3 is 15.7 Å². The summed E-state index contributed by atoms with van der Waals surface area (Å²) in [7, 11) is 0. The lowest BCUT2D eigenvalue weighted by Crippen LogP contribution is -2.39. The van der Waals surface area contributed by atoms with Crippen LogP contribution >= 0.6 is 0 Å². The Balaban J connectivity index is 2.10. The highest BCUT2D eigenvalue weighted by Crippen LogP contribution is 2.44. The summed E-state index contributed by atoms with van der Waals surface area (Å²) >= 11 is 0. The average Bonchev–Trinajstić information content (AvgIpc) is 2.72. The van der Waals surface area contributed by atoms with Gasteiger partial charge in [-0.25, -0.2) is 4.79 Å². The van der Waals surface area contributed by atoms with Gasteiger partial charge in [-0.1, -0.05) is 20.8 Å². The van der Waals surface area contributed by atoms with E-state index in [1.165, 1.54) is 0 Å². The van der Waals surface area contributed by atoms with Crippen LogP contribution in [-0.2, 0) is 4.79 Å². The lowest BCUT2D eigenvalue weighted by Gasteiger charge is -2.10. The molecule has 1 aliphatic carbocycles. The second kappa shape index (κ2) is 4.72. The van der Waals surface area contributed by atoms with Gasteiger partial charge in [0.1, 0.15) is 0 Å². The third kappa shape index (κ3) is 3.72. The molecule has 92 valence electrons. The molecule has 2 amide bonds. The zero-order valence-corrected chi connectivity index (χ0v) is 10.0. The largest absolute Gasteiger partial charge is 0.481 e. The molecule has 0 aromatic heterocycles. The Kier molecular flexibility index (Phi) is 3.78. The standard InChI is InChI=1S/C11H20N2O3/c1-7(9(14)15)4-5-12-10(16)13-8-6-11(8,2)3/h7-8H,4-6H2,1-3H3,(H,14,15)(H2,12,13,16). The minimum atomic E-state index is -0.828. The molecule has 5 heteroatoms. The molecule has 1 fully saturated rings. The number of carboxylic acids is 1. The summed E-state index contributed by atoms with van der Waals surface area (Å²) in [6.45, 7) is 6.23. The number of rotatable bonds is 5. The predicted molar refractivity (Wildman–Crippen MR) is 60.1 cm³/mol. The normalized spacial score (nSPS) is 23.3. The molecule has 2 atom stereocenters. The first-order valence-corrected chi connectivity index (χ1v) is 5.60. The van der Waals surface area contributed by atoms with Crippen LogP contribution in [0.2, 0.25) is 0 Å². The van der Waals surface area contributed by atoms with Gasteiger partial charge >= 0.3 is 12.0 Å². The summed E-state index contributed by atoms with van der Waals surface area (Å²) in [5.41, 5.74) is 0.214. The van der Waals surface area contributed by atoms with E-state index in [0.29, 0.717) is 13.0 Å². The van der Waals surface area contributed by atoms with Crippen molar-refractivity contribution in [3.05, 3.63) is 0 Å². The number of carbonyl (C=O) groups is 2. The molecule has 2 unspecified atom stereocenters. The third-order valence-corrected chi connectivity index (χ3v) is 3.10. The average molecular weight is 228 g/mol. The summed E-state index contributed by atoms with van der Waals surface area (Å²) in [5.74, 6) is -1.25. The Morgan fingerprint density at radius 1 is 1.50 bits per heavy atom. The van der Waals surface area contributed by atoms with Crippen LogP contribution < -0.4 is 10.6 Å². The fourth-order valence-corrected chi connectivity index (χ4v) is 1.45.